The molecule has 3 heterocycles. The minimum absolute atomic E-state index is 0.163. The number of fused-ring (bicyclic) bond motifs is 1. The Balaban J connectivity index is 1.32. The molecule has 2 saturated heterocycles. The molecule has 0 aliphatic carbocycles. The van der Waals surface area contributed by atoms with Crippen molar-refractivity contribution in [3.8, 4) is 0 Å². The Morgan fingerprint density at radius 1 is 1.04 bits per heavy atom. The molecular weight excluding hydrogens is 310 g/mol. The number of hydrogen-bond donors (Lipinski definition) is 0. The lowest BCUT2D eigenvalue weighted by Crippen LogP contribution is -2.41. The molecule has 136 valence electrons. The van der Waals surface area contributed by atoms with Crippen molar-refractivity contribution in [3.63, 3.8) is 0 Å². The van der Waals surface area contributed by atoms with Gasteiger partial charge in [-0.3, -0.25) is 4.79 Å². The summed E-state index contributed by atoms with van der Waals surface area (Å²) >= 11 is 0. The number of piperidine rings is 2. The van der Waals surface area contributed by atoms with Gasteiger partial charge >= 0.3 is 0 Å². The van der Waals surface area contributed by atoms with Crippen molar-refractivity contribution in [2.45, 2.75) is 39.2 Å². The largest absolute Gasteiger partial charge is 0.372 e. The fourth-order valence-corrected chi connectivity index (χ4v) is 4.63. The highest BCUT2D eigenvalue weighted by Gasteiger charge is 2.27. The standard InChI is InChI=1S/C21H31N3O/c1-16-5-9-23(10-6-16)14-17-7-11-24(12-8-17)19-3-4-20-18(13-19)15-22(2)21(20)25/h3-4,13,16-17H,5-12,14-15H2,1-2H3. The van der Waals surface area contributed by atoms with E-state index < -0.39 is 0 Å². The lowest BCUT2D eigenvalue weighted by Gasteiger charge is -2.38. The van der Waals surface area contributed by atoms with Gasteiger partial charge in [0.15, 0.2) is 0 Å². The van der Waals surface area contributed by atoms with Crippen LogP contribution in [0.4, 0.5) is 5.69 Å². The second-order valence-corrected chi connectivity index (χ2v) is 8.42. The summed E-state index contributed by atoms with van der Waals surface area (Å²) in [6, 6.07) is 6.41. The summed E-state index contributed by atoms with van der Waals surface area (Å²) in [5.41, 5.74) is 3.38. The fraction of sp³-hybridized carbons (Fsp3) is 0.667. The molecule has 0 N–H and O–H groups in total. The highest BCUT2D eigenvalue weighted by atomic mass is 16.2. The molecule has 0 spiro atoms. The first-order chi connectivity index (χ1) is 12.1. The number of anilines is 1. The van der Waals surface area contributed by atoms with Gasteiger partial charge in [-0.1, -0.05) is 6.92 Å². The molecule has 1 aromatic rings. The number of carbonyl (C=O) groups excluding carboxylic acids is 1. The first-order valence-corrected chi connectivity index (χ1v) is 9.96. The summed E-state index contributed by atoms with van der Waals surface area (Å²) in [5.74, 6) is 1.94. The maximum Gasteiger partial charge on any atom is 0.254 e. The van der Waals surface area contributed by atoms with Crippen molar-refractivity contribution in [2.75, 3.05) is 44.7 Å². The van der Waals surface area contributed by atoms with Crippen LogP contribution in [0.3, 0.4) is 0 Å². The van der Waals surface area contributed by atoms with Gasteiger partial charge in [-0.2, -0.15) is 0 Å². The number of hydrogen-bond acceptors (Lipinski definition) is 3. The third-order valence-corrected chi connectivity index (χ3v) is 6.45. The monoisotopic (exact) mass is 341 g/mol. The zero-order valence-corrected chi connectivity index (χ0v) is 15.7. The smallest absolute Gasteiger partial charge is 0.254 e. The third-order valence-electron chi connectivity index (χ3n) is 6.45. The SMILES string of the molecule is CC1CCN(CC2CCN(c3ccc4c(c3)CN(C)C4=O)CC2)CC1. The summed E-state index contributed by atoms with van der Waals surface area (Å²) in [5, 5.41) is 0. The van der Waals surface area contributed by atoms with E-state index in [0.29, 0.717) is 0 Å². The quantitative estimate of drug-likeness (QED) is 0.844. The molecule has 3 aliphatic heterocycles. The van der Waals surface area contributed by atoms with Crippen LogP contribution in [0.15, 0.2) is 18.2 Å². The van der Waals surface area contributed by atoms with Crippen molar-refractivity contribution in [3.05, 3.63) is 29.3 Å². The van der Waals surface area contributed by atoms with Crippen LogP contribution in [0.1, 0.15) is 48.5 Å². The molecule has 0 unspecified atom stereocenters. The number of amides is 1. The molecule has 25 heavy (non-hydrogen) atoms. The molecule has 0 saturated carbocycles. The average Bonchev–Trinajstić information content (AvgIpc) is 2.91. The number of benzene rings is 1. The normalized spacial score (nSPS) is 23.4. The van der Waals surface area contributed by atoms with Gasteiger partial charge in [0.05, 0.1) is 0 Å². The van der Waals surface area contributed by atoms with Crippen molar-refractivity contribution in [1.82, 2.24) is 9.80 Å². The van der Waals surface area contributed by atoms with Crippen molar-refractivity contribution in [2.24, 2.45) is 11.8 Å². The van der Waals surface area contributed by atoms with Crippen molar-refractivity contribution >= 4 is 11.6 Å². The Labute approximate surface area is 151 Å². The van der Waals surface area contributed by atoms with E-state index in [-0.39, 0.29) is 5.91 Å². The number of rotatable bonds is 3. The first kappa shape index (κ1) is 16.9. The highest BCUT2D eigenvalue weighted by molar-refractivity contribution is 5.98. The molecule has 2 fully saturated rings. The second-order valence-electron chi connectivity index (χ2n) is 8.42. The maximum atomic E-state index is 12.0. The second kappa shape index (κ2) is 6.99. The Bertz CT molecular complexity index is 628. The molecule has 3 aliphatic rings. The van der Waals surface area contributed by atoms with Crippen molar-refractivity contribution in [1.29, 1.82) is 0 Å². The van der Waals surface area contributed by atoms with Crippen LogP contribution in [0.2, 0.25) is 0 Å². The van der Waals surface area contributed by atoms with Gasteiger partial charge in [0.1, 0.15) is 0 Å². The Morgan fingerprint density at radius 2 is 1.76 bits per heavy atom. The van der Waals surface area contributed by atoms with E-state index in [4.69, 9.17) is 0 Å². The summed E-state index contributed by atoms with van der Waals surface area (Å²) in [7, 11) is 1.88. The molecule has 1 amide bonds. The molecular formula is C21H31N3O. The fourth-order valence-electron chi connectivity index (χ4n) is 4.63. The third kappa shape index (κ3) is 3.55. The lowest BCUT2D eigenvalue weighted by molar-refractivity contribution is 0.0816. The molecule has 4 rings (SSSR count). The number of carbonyl (C=O) groups is 1. The minimum Gasteiger partial charge on any atom is -0.372 e. The molecule has 4 nitrogen and oxygen atoms in total. The zero-order chi connectivity index (χ0) is 17.4. The number of nitrogens with zero attached hydrogens (tertiary/aromatic N) is 3. The van der Waals surface area contributed by atoms with Crippen LogP contribution in [0.25, 0.3) is 0 Å². The van der Waals surface area contributed by atoms with E-state index in [1.807, 2.05) is 13.1 Å². The van der Waals surface area contributed by atoms with E-state index in [1.165, 1.54) is 56.6 Å². The van der Waals surface area contributed by atoms with Crippen LogP contribution >= 0.6 is 0 Å². The maximum absolute atomic E-state index is 12.0. The van der Waals surface area contributed by atoms with E-state index in [0.717, 1.165) is 37.0 Å². The van der Waals surface area contributed by atoms with Crippen molar-refractivity contribution < 1.29 is 4.79 Å². The lowest BCUT2D eigenvalue weighted by atomic mass is 9.93. The highest BCUT2D eigenvalue weighted by Crippen LogP contribution is 2.30. The predicted octanol–water partition coefficient (Wildman–Crippen LogP) is 3.22. The van der Waals surface area contributed by atoms with Gasteiger partial charge in [0.2, 0.25) is 0 Å². The van der Waals surface area contributed by atoms with E-state index in [2.05, 4.69) is 28.9 Å². The zero-order valence-electron chi connectivity index (χ0n) is 15.7. The Morgan fingerprint density at radius 3 is 2.48 bits per heavy atom. The van der Waals surface area contributed by atoms with Gasteiger partial charge in [0.25, 0.3) is 5.91 Å². The van der Waals surface area contributed by atoms with Crippen LogP contribution in [0.5, 0.6) is 0 Å². The molecule has 0 bridgehead atoms. The summed E-state index contributed by atoms with van der Waals surface area (Å²) < 4.78 is 0. The summed E-state index contributed by atoms with van der Waals surface area (Å²) in [4.78, 5) is 19.1. The average molecular weight is 341 g/mol. The van der Waals surface area contributed by atoms with Gasteiger partial charge < -0.3 is 14.7 Å². The van der Waals surface area contributed by atoms with E-state index in [1.54, 1.807) is 4.90 Å². The van der Waals surface area contributed by atoms with Gasteiger partial charge in [-0.05, 0) is 74.4 Å². The molecule has 0 atom stereocenters. The Hall–Kier alpha value is -1.55. The molecule has 1 aromatic carbocycles. The Kier molecular flexibility index (Phi) is 4.72. The van der Waals surface area contributed by atoms with E-state index >= 15 is 0 Å². The molecule has 0 radical (unpaired) electrons. The number of likely N-dealkylation sites (tertiary alicyclic amines) is 1. The van der Waals surface area contributed by atoms with Crippen LogP contribution < -0.4 is 4.90 Å². The van der Waals surface area contributed by atoms with Crippen LogP contribution in [0, 0.1) is 11.8 Å². The predicted molar refractivity (Wildman–Crippen MR) is 102 cm³/mol. The van der Waals surface area contributed by atoms with Gasteiger partial charge in [0, 0.05) is 44.5 Å². The molecule has 0 aromatic heterocycles. The van der Waals surface area contributed by atoms with Crippen LogP contribution in [-0.4, -0.2) is 55.5 Å². The first-order valence-electron chi connectivity index (χ1n) is 9.96. The van der Waals surface area contributed by atoms with Gasteiger partial charge in [-0.25, -0.2) is 0 Å². The topological polar surface area (TPSA) is 26.8 Å². The summed E-state index contributed by atoms with van der Waals surface area (Å²) in [6.45, 7) is 9.34. The van der Waals surface area contributed by atoms with Gasteiger partial charge in [-0.15, -0.1) is 0 Å². The summed E-state index contributed by atoms with van der Waals surface area (Å²) in [6.07, 6.45) is 5.34. The van der Waals surface area contributed by atoms with E-state index in [9.17, 15) is 4.79 Å². The molecule has 4 heteroatoms. The van der Waals surface area contributed by atoms with Crippen LogP contribution in [-0.2, 0) is 6.54 Å². The minimum atomic E-state index is 0.163.